The molecule has 8 heteroatoms. The molecule has 1 fully saturated rings. The summed E-state index contributed by atoms with van der Waals surface area (Å²) in [4.78, 5) is 27.4. The molecule has 3 amide bonds. The fourth-order valence-electron chi connectivity index (χ4n) is 3.27. The van der Waals surface area contributed by atoms with Crippen molar-refractivity contribution in [1.29, 1.82) is 0 Å². The standard InChI is InChI=1S/C18H25N3O5/c1-24-15-10-13-4-7-21(12-14(13)11-16(15)25-2)17(22)19-5-8-20-6-3-9-26-18(20)23/h10-11H,3-9,12H2,1-2H3,(H,19,22). The number of urea groups is 1. The van der Waals surface area contributed by atoms with Crippen molar-refractivity contribution in [2.45, 2.75) is 19.4 Å². The highest BCUT2D eigenvalue weighted by atomic mass is 16.6. The van der Waals surface area contributed by atoms with Gasteiger partial charge in [-0.1, -0.05) is 0 Å². The maximum Gasteiger partial charge on any atom is 0.409 e. The number of ether oxygens (including phenoxy) is 3. The van der Waals surface area contributed by atoms with Gasteiger partial charge in [0.05, 0.1) is 20.8 Å². The third-order valence-electron chi connectivity index (χ3n) is 4.72. The molecule has 8 nitrogen and oxygen atoms in total. The van der Waals surface area contributed by atoms with E-state index in [-0.39, 0.29) is 12.1 Å². The normalized spacial score (nSPS) is 16.6. The van der Waals surface area contributed by atoms with E-state index in [1.54, 1.807) is 24.0 Å². The number of cyclic esters (lactones) is 1. The number of benzene rings is 1. The zero-order valence-corrected chi connectivity index (χ0v) is 15.2. The lowest BCUT2D eigenvalue weighted by molar-refractivity contribution is 0.0732. The average Bonchev–Trinajstić information content (AvgIpc) is 2.67. The molecule has 0 unspecified atom stereocenters. The van der Waals surface area contributed by atoms with Gasteiger partial charge in [0.25, 0.3) is 0 Å². The van der Waals surface area contributed by atoms with Crippen LogP contribution >= 0.6 is 0 Å². The number of nitrogens with one attached hydrogen (secondary N) is 1. The van der Waals surface area contributed by atoms with Crippen LogP contribution in [-0.2, 0) is 17.7 Å². The van der Waals surface area contributed by atoms with Crippen LogP contribution in [0.4, 0.5) is 9.59 Å². The molecule has 2 aliphatic rings. The van der Waals surface area contributed by atoms with E-state index >= 15 is 0 Å². The van der Waals surface area contributed by atoms with E-state index in [9.17, 15) is 9.59 Å². The van der Waals surface area contributed by atoms with Gasteiger partial charge in [-0.25, -0.2) is 9.59 Å². The molecule has 0 spiro atoms. The molecule has 2 heterocycles. The Bertz CT molecular complexity index is 679. The second-order valence-corrected chi connectivity index (χ2v) is 6.33. The van der Waals surface area contributed by atoms with Gasteiger partial charge in [0, 0.05) is 32.7 Å². The summed E-state index contributed by atoms with van der Waals surface area (Å²) < 4.78 is 15.7. The summed E-state index contributed by atoms with van der Waals surface area (Å²) in [5, 5.41) is 2.88. The van der Waals surface area contributed by atoms with Gasteiger partial charge >= 0.3 is 12.1 Å². The van der Waals surface area contributed by atoms with Gasteiger partial charge in [0.1, 0.15) is 0 Å². The van der Waals surface area contributed by atoms with Crippen molar-refractivity contribution < 1.29 is 23.8 Å². The van der Waals surface area contributed by atoms with E-state index in [0.29, 0.717) is 50.8 Å². The molecule has 2 aliphatic heterocycles. The highest BCUT2D eigenvalue weighted by Crippen LogP contribution is 2.33. The molecule has 0 atom stereocenters. The summed E-state index contributed by atoms with van der Waals surface area (Å²) in [5.41, 5.74) is 2.23. The first-order valence-electron chi connectivity index (χ1n) is 8.80. The highest BCUT2D eigenvalue weighted by Gasteiger charge is 2.23. The van der Waals surface area contributed by atoms with Crippen molar-refractivity contribution in [3.05, 3.63) is 23.3 Å². The van der Waals surface area contributed by atoms with Gasteiger partial charge in [-0.15, -0.1) is 0 Å². The second-order valence-electron chi connectivity index (χ2n) is 6.33. The molecule has 0 aromatic heterocycles. The summed E-state index contributed by atoms with van der Waals surface area (Å²) in [5.74, 6) is 1.37. The summed E-state index contributed by atoms with van der Waals surface area (Å²) in [6.07, 6.45) is 1.29. The molecule has 26 heavy (non-hydrogen) atoms. The van der Waals surface area contributed by atoms with Crippen LogP contribution < -0.4 is 14.8 Å². The summed E-state index contributed by atoms with van der Waals surface area (Å²) in [6, 6.07) is 3.78. The van der Waals surface area contributed by atoms with Crippen molar-refractivity contribution in [2.24, 2.45) is 0 Å². The molecule has 1 aromatic rings. The summed E-state index contributed by atoms with van der Waals surface area (Å²) in [7, 11) is 3.22. The lowest BCUT2D eigenvalue weighted by Gasteiger charge is -2.30. The Labute approximate surface area is 153 Å². The number of hydrogen-bond donors (Lipinski definition) is 1. The number of methoxy groups -OCH3 is 2. The van der Waals surface area contributed by atoms with Crippen molar-refractivity contribution in [1.82, 2.24) is 15.1 Å². The first-order valence-corrected chi connectivity index (χ1v) is 8.80. The van der Waals surface area contributed by atoms with Gasteiger partial charge in [0.15, 0.2) is 11.5 Å². The number of carbonyl (C=O) groups is 2. The third kappa shape index (κ3) is 3.95. The Morgan fingerprint density at radius 1 is 1.19 bits per heavy atom. The highest BCUT2D eigenvalue weighted by molar-refractivity contribution is 5.75. The minimum atomic E-state index is -0.307. The van der Waals surface area contributed by atoms with Crippen LogP contribution in [-0.4, -0.2) is 68.9 Å². The lowest BCUT2D eigenvalue weighted by atomic mass is 9.99. The molecule has 0 radical (unpaired) electrons. The largest absolute Gasteiger partial charge is 0.493 e. The maximum absolute atomic E-state index is 12.4. The van der Waals surface area contributed by atoms with E-state index in [2.05, 4.69) is 5.32 Å². The summed E-state index contributed by atoms with van der Waals surface area (Å²) in [6.45, 7) is 3.17. The van der Waals surface area contributed by atoms with Crippen molar-refractivity contribution in [3.8, 4) is 11.5 Å². The lowest BCUT2D eigenvalue weighted by Crippen LogP contribution is -2.47. The van der Waals surface area contributed by atoms with Gasteiger partial charge in [-0.3, -0.25) is 0 Å². The molecule has 1 saturated heterocycles. The van der Waals surface area contributed by atoms with Gasteiger partial charge in [0.2, 0.25) is 0 Å². The fraction of sp³-hybridized carbons (Fsp3) is 0.556. The van der Waals surface area contributed by atoms with E-state index < -0.39 is 0 Å². The van der Waals surface area contributed by atoms with Crippen LogP contribution in [0, 0.1) is 0 Å². The van der Waals surface area contributed by atoms with E-state index in [4.69, 9.17) is 14.2 Å². The van der Waals surface area contributed by atoms with Crippen LogP contribution in [0.1, 0.15) is 17.5 Å². The molecule has 0 aliphatic carbocycles. The average molecular weight is 363 g/mol. The van der Waals surface area contributed by atoms with E-state index in [1.165, 1.54) is 5.56 Å². The van der Waals surface area contributed by atoms with Crippen molar-refractivity contribution in [2.75, 3.05) is 47.0 Å². The monoisotopic (exact) mass is 363 g/mol. The zero-order valence-electron chi connectivity index (χ0n) is 15.2. The molecule has 0 saturated carbocycles. The number of fused-ring (bicyclic) bond motifs is 1. The smallest absolute Gasteiger partial charge is 0.409 e. The van der Waals surface area contributed by atoms with Crippen LogP contribution in [0.3, 0.4) is 0 Å². The van der Waals surface area contributed by atoms with Crippen LogP contribution in [0.25, 0.3) is 0 Å². The minimum Gasteiger partial charge on any atom is -0.493 e. The quantitative estimate of drug-likeness (QED) is 0.860. The Morgan fingerprint density at radius 2 is 1.92 bits per heavy atom. The molecule has 0 bridgehead atoms. The van der Waals surface area contributed by atoms with Gasteiger partial charge < -0.3 is 29.3 Å². The predicted molar refractivity (Wildman–Crippen MR) is 94.6 cm³/mol. The van der Waals surface area contributed by atoms with Crippen LogP contribution in [0.15, 0.2) is 12.1 Å². The first kappa shape index (κ1) is 18.2. The number of carbonyl (C=O) groups excluding carboxylic acids is 2. The minimum absolute atomic E-state index is 0.129. The topological polar surface area (TPSA) is 80.3 Å². The summed E-state index contributed by atoms with van der Waals surface area (Å²) >= 11 is 0. The molecule has 1 N–H and O–H groups in total. The van der Waals surface area contributed by atoms with Gasteiger partial charge in [-0.05, 0) is 36.1 Å². The van der Waals surface area contributed by atoms with E-state index in [0.717, 1.165) is 18.4 Å². The number of rotatable bonds is 5. The fourth-order valence-corrected chi connectivity index (χ4v) is 3.27. The molecule has 3 rings (SSSR count). The Balaban J connectivity index is 1.54. The first-order chi connectivity index (χ1) is 12.6. The predicted octanol–water partition coefficient (Wildman–Crippen LogP) is 1.61. The number of amides is 3. The van der Waals surface area contributed by atoms with Gasteiger partial charge in [-0.2, -0.15) is 0 Å². The molecule has 1 aromatic carbocycles. The Kier molecular flexibility index (Phi) is 5.70. The molecular formula is C18H25N3O5. The van der Waals surface area contributed by atoms with E-state index in [1.807, 2.05) is 12.1 Å². The Morgan fingerprint density at radius 3 is 2.62 bits per heavy atom. The number of nitrogens with zero attached hydrogens (tertiary/aromatic N) is 2. The number of hydrogen-bond acceptors (Lipinski definition) is 5. The third-order valence-corrected chi connectivity index (χ3v) is 4.72. The van der Waals surface area contributed by atoms with Crippen LogP contribution in [0.2, 0.25) is 0 Å². The zero-order chi connectivity index (χ0) is 18.5. The van der Waals surface area contributed by atoms with Crippen LogP contribution in [0.5, 0.6) is 11.5 Å². The molecule has 142 valence electrons. The van der Waals surface area contributed by atoms with Crippen molar-refractivity contribution in [3.63, 3.8) is 0 Å². The van der Waals surface area contributed by atoms with Crippen molar-refractivity contribution >= 4 is 12.1 Å². The maximum atomic E-state index is 12.4. The second kappa shape index (κ2) is 8.16. The Hall–Kier alpha value is -2.64. The SMILES string of the molecule is COc1cc2c(cc1OC)CN(C(=O)NCCN1CCCOC1=O)CC2. The molecular weight excluding hydrogens is 338 g/mol.